The summed E-state index contributed by atoms with van der Waals surface area (Å²) in [4.78, 5) is 0. The molecule has 0 aliphatic heterocycles. The lowest BCUT2D eigenvalue weighted by Gasteiger charge is -2.25. The number of rotatable bonds is 1. The third-order valence-corrected chi connectivity index (χ3v) is 2.13. The van der Waals surface area contributed by atoms with Gasteiger partial charge in [-0.2, -0.15) is 12.6 Å². The van der Waals surface area contributed by atoms with Crippen molar-refractivity contribution < 1.29 is 0 Å². The van der Waals surface area contributed by atoms with Crippen LogP contribution in [0, 0.1) is 5.41 Å². The Hall–Kier alpha value is 0.310. The average molecular weight is 133 g/mol. The summed E-state index contributed by atoms with van der Waals surface area (Å²) in [5, 5.41) is 3.36. The summed E-state index contributed by atoms with van der Waals surface area (Å²) in [6, 6.07) is 0. The largest absolute Gasteiger partial charge is 0.308 e. The fourth-order valence-corrected chi connectivity index (χ4v) is 0.433. The predicted molar refractivity (Wildman–Crippen MR) is 41.3 cm³/mol. The minimum absolute atomic E-state index is 0.262. The number of thiol groups is 1. The molecule has 0 rings (SSSR count). The van der Waals surface area contributed by atoms with Gasteiger partial charge in [-0.1, -0.05) is 20.8 Å². The highest BCUT2D eigenvalue weighted by atomic mass is 32.1. The van der Waals surface area contributed by atoms with E-state index >= 15 is 0 Å². The Morgan fingerprint density at radius 3 is 1.75 bits per heavy atom. The molecule has 0 saturated heterocycles. The molecule has 0 radical (unpaired) electrons. The molecular weight excluding hydrogens is 118 g/mol. The van der Waals surface area contributed by atoms with Crippen LogP contribution >= 0.6 is 12.6 Å². The summed E-state index contributed by atoms with van der Waals surface area (Å²) >= 11 is 4.30. The molecule has 1 unspecified atom stereocenters. The second kappa shape index (κ2) is 2.74. The van der Waals surface area contributed by atoms with E-state index in [1.165, 1.54) is 0 Å². The van der Waals surface area contributed by atoms with E-state index in [-0.39, 0.29) is 5.41 Å². The van der Waals surface area contributed by atoms with E-state index in [1.54, 1.807) is 0 Å². The van der Waals surface area contributed by atoms with E-state index in [0.29, 0.717) is 5.37 Å². The SMILES string of the molecule is CNC(S)C(C)(C)C. The fraction of sp³-hybridized carbons (Fsp3) is 1.00. The van der Waals surface area contributed by atoms with E-state index in [4.69, 9.17) is 0 Å². The van der Waals surface area contributed by atoms with Gasteiger partial charge in [-0.05, 0) is 12.5 Å². The Kier molecular flexibility index (Phi) is 2.84. The Bertz CT molecular complexity index is 65.4. The van der Waals surface area contributed by atoms with Crippen molar-refractivity contribution in [1.29, 1.82) is 0 Å². The molecule has 0 aromatic carbocycles. The van der Waals surface area contributed by atoms with Crippen LogP contribution in [0.15, 0.2) is 0 Å². The second-order valence-electron chi connectivity index (χ2n) is 3.06. The van der Waals surface area contributed by atoms with Gasteiger partial charge in [0.05, 0.1) is 5.37 Å². The van der Waals surface area contributed by atoms with Crippen molar-refractivity contribution in [3.63, 3.8) is 0 Å². The minimum atomic E-state index is 0.262. The van der Waals surface area contributed by atoms with Crippen LogP contribution in [0.3, 0.4) is 0 Å². The van der Waals surface area contributed by atoms with Crippen molar-refractivity contribution >= 4 is 12.6 Å². The molecule has 0 aliphatic rings. The maximum Gasteiger partial charge on any atom is 0.0549 e. The first-order valence-corrected chi connectivity index (χ1v) is 3.35. The topological polar surface area (TPSA) is 12.0 Å². The van der Waals surface area contributed by atoms with Gasteiger partial charge < -0.3 is 5.32 Å². The molecule has 0 bridgehead atoms. The lowest BCUT2D eigenvalue weighted by molar-refractivity contribution is 0.367. The molecule has 1 N–H and O–H groups in total. The lowest BCUT2D eigenvalue weighted by Crippen LogP contribution is -2.32. The molecule has 2 heteroatoms. The second-order valence-corrected chi connectivity index (χ2v) is 3.57. The first-order chi connectivity index (χ1) is 3.48. The highest BCUT2D eigenvalue weighted by molar-refractivity contribution is 7.80. The average Bonchev–Trinajstić information content (AvgIpc) is 1.62. The van der Waals surface area contributed by atoms with Crippen molar-refractivity contribution in [3.05, 3.63) is 0 Å². The van der Waals surface area contributed by atoms with Crippen molar-refractivity contribution in [2.75, 3.05) is 7.05 Å². The molecule has 0 heterocycles. The van der Waals surface area contributed by atoms with Gasteiger partial charge in [-0.15, -0.1) is 0 Å². The van der Waals surface area contributed by atoms with E-state index in [1.807, 2.05) is 7.05 Å². The number of nitrogens with one attached hydrogen (secondary N) is 1. The van der Waals surface area contributed by atoms with Crippen LogP contribution in [0.4, 0.5) is 0 Å². The molecule has 0 aromatic heterocycles. The van der Waals surface area contributed by atoms with E-state index in [2.05, 4.69) is 38.7 Å². The zero-order valence-electron chi connectivity index (χ0n) is 6.02. The van der Waals surface area contributed by atoms with Gasteiger partial charge in [0.2, 0.25) is 0 Å². The lowest BCUT2D eigenvalue weighted by atomic mass is 9.97. The van der Waals surface area contributed by atoms with Gasteiger partial charge in [0.1, 0.15) is 0 Å². The molecule has 0 fully saturated rings. The van der Waals surface area contributed by atoms with Crippen molar-refractivity contribution in [3.8, 4) is 0 Å². The zero-order chi connectivity index (χ0) is 6.78. The molecule has 50 valence electrons. The van der Waals surface area contributed by atoms with Crippen LogP contribution in [0.25, 0.3) is 0 Å². The van der Waals surface area contributed by atoms with E-state index < -0.39 is 0 Å². The van der Waals surface area contributed by atoms with Gasteiger partial charge >= 0.3 is 0 Å². The fourth-order valence-electron chi connectivity index (χ4n) is 0.433. The molecular formula is C6H15NS. The minimum Gasteiger partial charge on any atom is -0.308 e. The first-order valence-electron chi connectivity index (χ1n) is 2.84. The van der Waals surface area contributed by atoms with Crippen molar-refractivity contribution in [2.45, 2.75) is 26.1 Å². The molecule has 0 aromatic rings. The molecule has 0 aliphatic carbocycles. The van der Waals surface area contributed by atoms with Crippen LogP contribution < -0.4 is 5.32 Å². The van der Waals surface area contributed by atoms with Gasteiger partial charge in [0.25, 0.3) is 0 Å². The van der Waals surface area contributed by atoms with Gasteiger partial charge in [0.15, 0.2) is 0 Å². The summed E-state index contributed by atoms with van der Waals surface area (Å²) in [5.41, 5.74) is 0.262. The van der Waals surface area contributed by atoms with Crippen LogP contribution in [0.2, 0.25) is 0 Å². The summed E-state index contributed by atoms with van der Waals surface area (Å²) in [7, 11) is 1.92. The summed E-state index contributed by atoms with van der Waals surface area (Å²) in [6.07, 6.45) is 0. The highest BCUT2D eigenvalue weighted by Crippen LogP contribution is 2.20. The summed E-state index contributed by atoms with van der Waals surface area (Å²) in [6.45, 7) is 6.46. The smallest absolute Gasteiger partial charge is 0.0549 e. The third kappa shape index (κ3) is 2.58. The summed E-state index contributed by atoms with van der Waals surface area (Å²) < 4.78 is 0. The van der Waals surface area contributed by atoms with Crippen molar-refractivity contribution in [2.24, 2.45) is 5.41 Å². The van der Waals surface area contributed by atoms with Gasteiger partial charge in [0, 0.05) is 0 Å². The van der Waals surface area contributed by atoms with Crippen LogP contribution in [-0.4, -0.2) is 12.4 Å². The normalized spacial score (nSPS) is 16.1. The van der Waals surface area contributed by atoms with E-state index in [0.717, 1.165) is 0 Å². The van der Waals surface area contributed by atoms with E-state index in [9.17, 15) is 0 Å². The molecule has 1 nitrogen and oxygen atoms in total. The van der Waals surface area contributed by atoms with Crippen molar-refractivity contribution in [1.82, 2.24) is 5.32 Å². The Balaban J connectivity index is 3.62. The molecule has 0 saturated carbocycles. The quantitative estimate of drug-likeness (QED) is 0.408. The zero-order valence-corrected chi connectivity index (χ0v) is 6.92. The van der Waals surface area contributed by atoms with Crippen LogP contribution in [0.5, 0.6) is 0 Å². The number of hydrogen-bond donors (Lipinski definition) is 2. The van der Waals surface area contributed by atoms with Crippen LogP contribution in [-0.2, 0) is 0 Å². The molecule has 1 atom stereocenters. The van der Waals surface area contributed by atoms with Crippen LogP contribution in [0.1, 0.15) is 20.8 Å². The Morgan fingerprint density at radius 2 is 1.75 bits per heavy atom. The van der Waals surface area contributed by atoms with Gasteiger partial charge in [-0.3, -0.25) is 0 Å². The van der Waals surface area contributed by atoms with Gasteiger partial charge in [-0.25, -0.2) is 0 Å². The molecule has 8 heavy (non-hydrogen) atoms. The molecule has 0 spiro atoms. The number of hydrogen-bond acceptors (Lipinski definition) is 2. The third-order valence-electron chi connectivity index (χ3n) is 1.09. The standard InChI is InChI=1S/C6H15NS/c1-6(2,3)5(8)7-4/h5,7-8H,1-4H3. The maximum atomic E-state index is 4.30. The Morgan fingerprint density at radius 1 is 1.38 bits per heavy atom. The first kappa shape index (κ1) is 8.31. The molecule has 0 amide bonds. The monoisotopic (exact) mass is 133 g/mol. The maximum absolute atomic E-state index is 4.30. The summed E-state index contributed by atoms with van der Waals surface area (Å²) in [5.74, 6) is 0. The highest BCUT2D eigenvalue weighted by Gasteiger charge is 2.17. The Labute approximate surface area is 57.3 Å². The predicted octanol–water partition coefficient (Wildman–Crippen LogP) is 1.51.